The van der Waals surface area contributed by atoms with E-state index in [2.05, 4.69) is 16.2 Å². The van der Waals surface area contributed by atoms with Crippen molar-refractivity contribution in [1.82, 2.24) is 16.2 Å². The van der Waals surface area contributed by atoms with Crippen LogP contribution < -0.4 is 16.2 Å². The Hall–Kier alpha value is -1.96. The summed E-state index contributed by atoms with van der Waals surface area (Å²) < 4.78 is 5.12. The van der Waals surface area contributed by atoms with Crippen molar-refractivity contribution >= 4 is 23.6 Å². The van der Waals surface area contributed by atoms with Gasteiger partial charge in [-0.3, -0.25) is 19.8 Å². The fourth-order valence-electron chi connectivity index (χ4n) is 2.20. The highest BCUT2D eigenvalue weighted by Gasteiger charge is 2.34. The molecule has 2 atom stereocenters. The highest BCUT2D eigenvalue weighted by atomic mass is 16.5. The van der Waals surface area contributed by atoms with Gasteiger partial charge in [0.1, 0.15) is 0 Å². The number of Topliss-reactive ketones (excluding diaryl/α,β-unsaturated/α-hetero) is 2. The molecule has 0 aliphatic carbocycles. The van der Waals surface area contributed by atoms with Gasteiger partial charge < -0.3 is 10.1 Å². The van der Waals surface area contributed by atoms with E-state index in [1.54, 1.807) is 13.8 Å². The van der Waals surface area contributed by atoms with E-state index in [-0.39, 0.29) is 36.7 Å². The zero-order valence-corrected chi connectivity index (χ0v) is 14.9. The van der Waals surface area contributed by atoms with Crippen LogP contribution in [0.25, 0.3) is 0 Å². The van der Waals surface area contributed by atoms with Crippen molar-refractivity contribution in [3.8, 4) is 0 Å². The minimum Gasteiger partial charge on any atom is -0.449 e. The zero-order chi connectivity index (χ0) is 18.5. The third-order valence-electron chi connectivity index (χ3n) is 3.52. The molecule has 0 aromatic carbocycles. The second-order valence-electron chi connectivity index (χ2n) is 7.57. The number of nitrogens with one attached hydrogen (secondary N) is 3. The number of hydrogen-bond donors (Lipinski definition) is 3. The van der Waals surface area contributed by atoms with Crippen molar-refractivity contribution in [2.24, 2.45) is 17.3 Å². The average molecular weight is 341 g/mol. The van der Waals surface area contributed by atoms with E-state index in [0.717, 1.165) is 0 Å². The summed E-state index contributed by atoms with van der Waals surface area (Å²) in [6.07, 6.45) is -0.774. The number of carbonyl (C=O) groups is 4. The Bertz CT molecular complexity index is 510. The molecular formula is C16H27N3O5. The normalized spacial score (nSPS) is 19.7. The van der Waals surface area contributed by atoms with Crippen LogP contribution in [0.2, 0.25) is 0 Å². The number of ketones is 2. The fourth-order valence-corrected chi connectivity index (χ4v) is 2.20. The fraction of sp³-hybridized carbons (Fsp3) is 0.750. The molecule has 1 heterocycles. The van der Waals surface area contributed by atoms with Gasteiger partial charge in [0.25, 0.3) is 0 Å². The second kappa shape index (κ2) is 8.23. The lowest BCUT2D eigenvalue weighted by atomic mass is 9.89. The zero-order valence-electron chi connectivity index (χ0n) is 14.9. The Labute approximate surface area is 142 Å². The quantitative estimate of drug-likeness (QED) is 0.609. The summed E-state index contributed by atoms with van der Waals surface area (Å²) in [5.74, 6) is -2.56. The van der Waals surface area contributed by atoms with Crippen molar-refractivity contribution in [3.63, 3.8) is 0 Å². The molecule has 0 radical (unpaired) electrons. The lowest BCUT2D eigenvalue weighted by Crippen LogP contribution is -2.54. The summed E-state index contributed by atoms with van der Waals surface area (Å²) in [7, 11) is 0. The van der Waals surface area contributed by atoms with Gasteiger partial charge in [-0.25, -0.2) is 10.2 Å². The van der Waals surface area contributed by atoms with E-state index in [1.165, 1.54) is 0 Å². The van der Waals surface area contributed by atoms with Gasteiger partial charge in [0.15, 0.2) is 5.78 Å². The van der Waals surface area contributed by atoms with E-state index < -0.39 is 29.7 Å². The van der Waals surface area contributed by atoms with E-state index >= 15 is 0 Å². The van der Waals surface area contributed by atoms with Crippen molar-refractivity contribution in [1.29, 1.82) is 0 Å². The van der Waals surface area contributed by atoms with E-state index in [4.69, 9.17) is 4.74 Å². The summed E-state index contributed by atoms with van der Waals surface area (Å²) in [6, 6.07) is -0.768. The lowest BCUT2D eigenvalue weighted by Gasteiger charge is -2.26. The molecule has 1 aliphatic heterocycles. The van der Waals surface area contributed by atoms with Crippen molar-refractivity contribution < 1.29 is 23.9 Å². The molecule has 1 rings (SSSR count). The summed E-state index contributed by atoms with van der Waals surface area (Å²) in [5, 5.41) is 2.56. The van der Waals surface area contributed by atoms with E-state index in [0.29, 0.717) is 0 Å². The van der Waals surface area contributed by atoms with Crippen LogP contribution in [0.5, 0.6) is 0 Å². The van der Waals surface area contributed by atoms with Crippen LogP contribution >= 0.6 is 0 Å². The first kappa shape index (κ1) is 20.1. The van der Waals surface area contributed by atoms with Crippen LogP contribution in [0.3, 0.4) is 0 Å². The van der Waals surface area contributed by atoms with Gasteiger partial charge in [-0.05, 0) is 11.3 Å². The molecule has 1 aliphatic rings. The largest absolute Gasteiger partial charge is 0.449 e. The highest BCUT2D eigenvalue weighted by molar-refractivity contribution is 6.37. The van der Waals surface area contributed by atoms with Gasteiger partial charge in [-0.2, -0.15) is 0 Å². The monoisotopic (exact) mass is 341 g/mol. The molecule has 0 aromatic heterocycles. The van der Waals surface area contributed by atoms with E-state index in [9.17, 15) is 19.2 Å². The molecule has 3 N–H and O–H groups in total. The number of alkyl carbamates (subject to hydrolysis) is 1. The molecule has 2 amide bonds. The van der Waals surface area contributed by atoms with Crippen LogP contribution in [0.1, 0.15) is 41.0 Å². The number of amides is 2. The third kappa shape index (κ3) is 6.27. The number of carbonyl (C=O) groups excluding carboxylic acids is 4. The van der Waals surface area contributed by atoms with Gasteiger partial charge >= 0.3 is 12.0 Å². The molecule has 136 valence electrons. The first-order valence-electron chi connectivity index (χ1n) is 8.04. The average Bonchev–Trinajstić information content (AvgIpc) is 2.46. The maximum Gasteiger partial charge on any atom is 0.407 e. The Balaban J connectivity index is 2.63. The third-order valence-corrected chi connectivity index (χ3v) is 3.52. The summed E-state index contributed by atoms with van der Waals surface area (Å²) in [4.78, 5) is 47.4. The van der Waals surface area contributed by atoms with Crippen LogP contribution in [0.4, 0.5) is 4.79 Å². The topological polar surface area (TPSA) is 114 Å². The SMILES string of the molecule is CC(C)C(NC(=O)OCC(C)(C)C)C(=O)CC1CNNC(=O)C1=O. The van der Waals surface area contributed by atoms with Gasteiger partial charge in [0.2, 0.25) is 5.78 Å². The van der Waals surface area contributed by atoms with Gasteiger partial charge in [-0.15, -0.1) is 0 Å². The number of hydrogen-bond acceptors (Lipinski definition) is 6. The number of hydrazine groups is 1. The molecular weight excluding hydrogens is 314 g/mol. The summed E-state index contributed by atoms with van der Waals surface area (Å²) >= 11 is 0. The molecule has 1 fully saturated rings. The van der Waals surface area contributed by atoms with E-state index in [1.807, 2.05) is 20.8 Å². The smallest absolute Gasteiger partial charge is 0.407 e. The van der Waals surface area contributed by atoms with Gasteiger partial charge in [0, 0.05) is 18.9 Å². The Morgan fingerprint density at radius 3 is 2.46 bits per heavy atom. The minimum absolute atomic E-state index is 0.109. The van der Waals surface area contributed by atoms with Crippen LogP contribution in [-0.2, 0) is 19.1 Å². The molecule has 24 heavy (non-hydrogen) atoms. The molecule has 1 saturated heterocycles. The highest BCUT2D eigenvalue weighted by Crippen LogP contribution is 2.15. The molecule has 8 heteroatoms. The predicted molar refractivity (Wildman–Crippen MR) is 86.8 cm³/mol. The van der Waals surface area contributed by atoms with Crippen LogP contribution in [0.15, 0.2) is 0 Å². The Morgan fingerprint density at radius 2 is 1.92 bits per heavy atom. The van der Waals surface area contributed by atoms with Crippen molar-refractivity contribution in [2.45, 2.75) is 47.1 Å². The first-order chi connectivity index (χ1) is 11.0. The molecule has 0 bridgehead atoms. The van der Waals surface area contributed by atoms with Crippen LogP contribution in [-0.4, -0.2) is 42.8 Å². The Morgan fingerprint density at radius 1 is 1.29 bits per heavy atom. The Kier molecular flexibility index (Phi) is 6.89. The number of rotatable bonds is 6. The van der Waals surface area contributed by atoms with Gasteiger partial charge in [-0.1, -0.05) is 34.6 Å². The van der Waals surface area contributed by atoms with Crippen molar-refractivity contribution in [2.75, 3.05) is 13.2 Å². The second-order valence-corrected chi connectivity index (χ2v) is 7.57. The standard InChI is InChI=1S/C16H27N3O5/c1-9(2)12(18-15(23)24-8-16(3,4)5)11(20)6-10-7-17-19-14(22)13(10)21/h9-10,12,17H,6-8H2,1-5H3,(H,18,23)(H,19,22). The maximum absolute atomic E-state index is 12.5. The van der Waals surface area contributed by atoms with Gasteiger partial charge in [0.05, 0.1) is 12.6 Å². The molecule has 0 spiro atoms. The summed E-state index contributed by atoms with van der Waals surface area (Å²) in [6.45, 7) is 9.79. The van der Waals surface area contributed by atoms with Crippen molar-refractivity contribution in [3.05, 3.63) is 0 Å². The number of ether oxygens (including phenoxy) is 1. The lowest BCUT2D eigenvalue weighted by molar-refractivity contribution is -0.144. The summed E-state index contributed by atoms with van der Waals surface area (Å²) in [5.41, 5.74) is 4.61. The van der Waals surface area contributed by atoms with Crippen LogP contribution in [0, 0.1) is 17.3 Å². The minimum atomic E-state index is -0.768. The first-order valence-corrected chi connectivity index (χ1v) is 8.04. The predicted octanol–water partition coefficient (Wildman–Crippen LogP) is 0.562. The maximum atomic E-state index is 12.5. The molecule has 2 unspecified atom stereocenters. The molecule has 8 nitrogen and oxygen atoms in total. The molecule has 0 aromatic rings. The molecule has 0 saturated carbocycles.